The van der Waals surface area contributed by atoms with Gasteiger partial charge in [0.05, 0.1) is 17.2 Å². The summed E-state index contributed by atoms with van der Waals surface area (Å²) in [6.45, 7) is 3.41. The first-order valence-electron chi connectivity index (χ1n) is 8.22. The molecule has 3 rings (SSSR count). The number of hydrogen-bond donors (Lipinski definition) is 2. The summed E-state index contributed by atoms with van der Waals surface area (Å²) in [4.78, 5) is 29.0. The van der Waals surface area contributed by atoms with Gasteiger partial charge in [0.1, 0.15) is 0 Å². The first kappa shape index (κ1) is 17.1. The lowest BCUT2D eigenvalue weighted by Crippen LogP contribution is -2.52. The van der Waals surface area contributed by atoms with Crippen molar-refractivity contribution in [3.05, 3.63) is 39.4 Å². The van der Waals surface area contributed by atoms with Crippen molar-refractivity contribution < 1.29 is 4.79 Å². The highest BCUT2D eigenvalue weighted by Gasteiger charge is 2.22. The van der Waals surface area contributed by atoms with Gasteiger partial charge in [0.2, 0.25) is 5.91 Å². The summed E-state index contributed by atoms with van der Waals surface area (Å²) in [6.07, 6.45) is 3.84. The minimum atomic E-state index is -0.123. The van der Waals surface area contributed by atoms with Gasteiger partial charge in [-0.3, -0.25) is 14.2 Å². The largest absolute Gasteiger partial charge is 0.352 e. The van der Waals surface area contributed by atoms with Gasteiger partial charge in [0.25, 0.3) is 5.56 Å². The van der Waals surface area contributed by atoms with Crippen molar-refractivity contribution in [2.45, 2.75) is 44.8 Å². The van der Waals surface area contributed by atoms with Gasteiger partial charge >= 0.3 is 0 Å². The van der Waals surface area contributed by atoms with E-state index < -0.39 is 0 Å². The third-order valence-corrected chi connectivity index (χ3v) is 4.97. The Hall–Kier alpha value is -1.73. The van der Waals surface area contributed by atoms with E-state index >= 15 is 0 Å². The molecule has 128 valence electrons. The number of nitrogens with zero attached hydrogens (tertiary/aromatic N) is 2. The van der Waals surface area contributed by atoms with E-state index in [9.17, 15) is 9.59 Å². The monoisotopic (exact) mass is 392 g/mol. The summed E-state index contributed by atoms with van der Waals surface area (Å²) >= 11 is 3.37. The van der Waals surface area contributed by atoms with E-state index in [1.165, 1.54) is 10.9 Å². The molecule has 6 nitrogen and oxygen atoms in total. The molecule has 1 amide bonds. The number of aryl methyl sites for hydroxylation is 1. The number of fused-ring (bicyclic) bond motifs is 1. The Labute approximate surface area is 148 Å². The molecule has 1 aromatic carbocycles. The van der Waals surface area contributed by atoms with Crippen molar-refractivity contribution in [1.82, 2.24) is 20.2 Å². The number of hydrogen-bond acceptors (Lipinski definition) is 4. The summed E-state index contributed by atoms with van der Waals surface area (Å²) in [7, 11) is 0. The van der Waals surface area contributed by atoms with Crippen LogP contribution in [-0.2, 0) is 11.3 Å². The second-order valence-electron chi connectivity index (χ2n) is 6.21. The Kier molecular flexibility index (Phi) is 5.30. The Morgan fingerprint density at radius 1 is 1.50 bits per heavy atom. The quantitative estimate of drug-likeness (QED) is 0.831. The molecular weight excluding hydrogens is 372 g/mol. The maximum absolute atomic E-state index is 12.5. The average molecular weight is 393 g/mol. The molecule has 0 aliphatic carbocycles. The number of amides is 1. The molecule has 1 aliphatic heterocycles. The first-order valence-corrected chi connectivity index (χ1v) is 9.01. The van der Waals surface area contributed by atoms with E-state index in [1.54, 1.807) is 12.1 Å². The molecule has 2 atom stereocenters. The van der Waals surface area contributed by atoms with Crippen LogP contribution in [0.1, 0.15) is 26.2 Å². The molecule has 2 N–H and O–H groups in total. The lowest BCUT2D eigenvalue weighted by atomic mass is 10.00. The van der Waals surface area contributed by atoms with Crippen molar-refractivity contribution >= 4 is 32.7 Å². The summed E-state index contributed by atoms with van der Waals surface area (Å²) in [5.41, 5.74) is 0.535. The van der Waals surface area contributed by atoms with Crippen molar-refractivity contribution in [3.8, 4) is 0 Å². The first-order chi connectivity index (χ1) is 11.5. The molecule has 2 unspecified atom stereocenters. The van der Waals surface area contributed by atoms with E-state index in [0.29, 0.717) is 17.4 Å². The van der Waals surface area contributed by atoms with Crippen molar-refractivity contribution in [2.24, 2.45) is 0 Å². The number of rotatable bonds is 4. The van der Waals surface area contributed by atoms with E-state index in [-0.39, 0.29) is 30.0 Å². The van der Waals surface area contributed by atoms with Crippen LogP contribution in [0.25, 0.3) is 10.9 Å². The molecule has 2 aromatic rings. The third kappa shape index (κ3) is 3.84. The Morgan fingerprint density at radius 2 is 2.33 bits per heavy atom. The summed E-state index contributed by atoms with van der Waals surface area (Å²) in [5.74, 6) is -0.0308. The number of benzene rings is 1. The number of piperidine rings is 1. The molecule has 0 saturated carbocycles. The van der Waals surface area contributed by atoms with Gasteiger partial charge < -0.3 is 10.6 Å². The molecular formula is C17H21BrN4O2. The van der Waals surface area contributed by atoms with Crippen molar-refractivity contribution in [1.29, 1.82) is 0 Å². The van der Waals surface area contributed by atoms with E-state index in [4.69, 9.17) is 0 Å². The zero-order valence-electron chi connectivity index (χ0n) is 13.6. The van der Waals surface area contributed by atoms with Crippen LogP contribution in [-0.4, -0.2) is 34.1 Å². The topological polar surface area (TPSA) is 76.0 Å². The normalized spacial score (nSPS) is 20.9. The molecule has 1 fully saturated rings. The number of nitrogens with one attached hydrogen (secondary N) is 2. The van der Waals surface area contributed by atoms with Gasteiger partial charge in [-0.25, -0.2) is 4.98 Å². The van der Waals surface area contributed by atoms with Crippen molar-refractivity contribution in [3.63, 3.8) is 0 Å². The second-order valence-corrected chi connectivity index (χ2v) is 7.13. The van der Waals surface area contributed by atoms with Gasteiger partial charge in [-0.15, -0.1) is 0 Å². The highest BCUT2D eigenvalue weighted by atomic mass is 79.9. The third-order valence-electron chi connectivity index (χ3n) is 4.47. The second kappa shape index (κ2) is 7.44. The maximum atomic E-state index is 12.5. The van der Waals surface area contributed by atoms with E-state index in [1.807, 2.05) is 6.07 Å². The molecule has 1 saturated heterocycles. The van der Waals surface area contributed by atoms with Crippen LogP contribution in [0, 0.1) is 0 Å². The minimum Gasteiger partial charge on any atom is -0.352 e. The smallest absolute Gasteiger partial charge is 0.261 e. The van der Waals surface area contributed by atoms with Gasteiger partial charge in [0.15, 0.2) is 0 Å². The molecule has 0 radical (unpaired) electrons. The molecule has 0 bridgehead atoms. The molecule has 7 heteroatoms. The van der Waals surface area contributed by atoms with Crippen LogP contribution in [0.2, 0.25) is 0 Å². The number of halogens is 1. The van der Waals surface area contributed by atoms with Crippen LogP contribution in [0.4, 0.5) is 0 Å². The predicted molar refractivity (Wildman–Crippen MR) is 96.9 cm³/mol. The summed E-state index contributed by atoms with van der Waals surface area (Å²) < 4.78 is 2.33. The number of carbonyl (C=O) groups excluding carboxylic acids is 1. The molecule has 0 spiro atoms. The highest BCUT2D eigenvalue weighted by Crippen LogP contribution is 2.15. The zero-order chi connectivity index (χ0) is 17.1. The van der Waals surface area contributed by atoms with Crippen LogP contribution >= 0.6 is 15.9 Å². The average Bonchev–Trinajstić information content (AvgIpc) is 2.57. The Balaban J connectivity index is 1.66. The van der Waals surface area contributed by atoms with E-state index in [2.05, 4.69) is 38.5 Å². The molecule has 1 aromatic heterocycles. The van der Waals surface area contributed by atoms with Crippen molar-refractivity contribution in [2.75, 3.05) is 6.54 Å². The Morgan fingerprint density at radius 3 is 3.12 bits per heavy atom. The zero-order valence-corrected chi connectivity index (χ0v) is 15.2. The van der Waals surface area contributed by atoms with E-state index in [0.717, 1.165) is 23.9 Å². The number of carbonyl (C=O) groups is 1. The van der Waals surface area contributed by atoms with Gasteiger partial charge in [-0.1, -0.05) is 15.9 Å². The fraction of sp³-hybridized carbons (Fsp3) is 0.471. The fourth-order valence-corrected chi connectivity index (χ4v) is 3.39. The highest BCUT2D eigenvalue weighted by molar-refractivity contribution is 9.10. The lowest BCUT2D eigenvalue weighted by Gasteiger charge is -2.30. The van der Waals surface area contributed by atoms with Crippen LogP contribution in [0.5, 0.6) is 0 Å². The predicted octanol–water partition coefficient (Wildman–Crippen LogP) is 1.81. The fourth-order valence-electron chi connectivity index (χ4n) is 3.03. The molecule has 24 heavy (non-hydrogen) atoms. The van der Waals surface area contributed by atoms with Crippen LogP contribution < -0.4 is 16.2 Å². The summed E-state index contributed by atoms with van der Waals surface area (Å²) in [6, 6.07) is 5.86. The maximum Gasteiger partial charge on any atom is 0.261 e. The van der Waals surface area contributed by atoms with Crippen LogP contribution in [0.3, 0.4) is 0 Å². The minimum absolute atomic E-state index is 0.0308. The number of aromatic nitrogens is 2. The van der Waals surface area contributed by atoms with Crippen LogP contribution in [0.15, 0.2) is 33.8 Å². The lowest BCUT2D eigenvalue weighted by molar-refractivity contribution is -0.122. The van der Waals surface area contributed by atoms with Gasteiger partial charge in [-0.05, 0) is 44.5 Å². The molecule has 1 aliphatic rings. The van der Waals surface area contributed by atoms with Gasteiger partial charge in [-0.2, -0.15) is 0 Å². The van der Waals surface area contributed by atoms with Gasteiger partial charge in [0, 0.05) is 29.5 Å². The SMILES string of the molecule is CC1NCCCC1NC(=O)CCn1cnc2ccc(Br)cc2c1=O. The summed E-state index contributed by atoms with van der Waals surface area (Å²) in [5, 5.41) is 6.97. The molecule has 2 heterocycles. The standard InChI is InChI=1S/C17H21BrN4O2/c1-11-14(3-2-7-19-11)21-16(23)6-8-22-10-20-15-5-4-12(18)9-13(15)17(22)24/h4-5,9-11,14,19H,2-3,6-8H2,1H3,(H,21,23). The Bertz CT molecular complexity index is 805.